The number of ether oxygens (including phenoxy) is 1. The molecule has 2 aromatic carbocycles. The minimum atomic E-state index is -0.956. The molecule has 1 amide bonds. The summed E-state index contributed by atoms with van der Waals surface area (Å²) in [7, 11) is 0. The van der Waals surface area contributed by atoms with Crippen molar-refractivity contribution in [3.05, 3.63) is 89.6 Å². The Morgan fingerprint density at radius 2 is 1.79 bits per heavy atom. The standard InChI is InChI=1S/C26H29N3O4/c1-19-7-5-14-27-25(19)28-15-6-16-33-23-12-10-20(11-13-23)17-22(18-24(30)31)29-26(32)21-8-3-2-4-9-21/h2-5,7-14,22H,6,15-18H2,1H3,(H,27,28)(H,29,32)(H,30,31)/t22-/m0/s1. The normalized spacial score (nSPS) is 11.4. The summed E-state index contributed by atoms with van der Waals surface area (Å²) in [6.45, 7) is 3.34. The van der Waals surface area contributed by atoms with Crippen molar-refractivity contribution in [2.45, 2.75) is 32.2 Å². The number of amides is 1. The Hall–Kier alpha value is -3.87. The molecular formula is C26H29N3O4. The zero-order valence-electron chi connectivity index (χ0n) is 18.7. The van der Waals surface area contributed by atoms with E-state index in [9.17, 15) is 14.7 Å². The maximum atomic E-state index is 12.4. The number of anilines is 1. The van der Waals surface area contributed by atoms with Crippen LogP contribution in [-0.2, 0) is 11.2 Å². The van der Waals surface area contributed by atoms with Gasteiger partial charge in [0.25, 0.3) is 5.91 Å². The number of benzene rings is 2. The van der Waals surface area contributed by atoms with E-state index in [1.54, 1.807) is 30.5 Å². The number of carbonyl (C=O) groups is 2. The van der Waals surface area contributed by atoms with Gasteiger partial charge in [-0.1, -0.05) is 36.4 Å². The summed E-state index contributed by atoms with van der Waals surface area (Å²) in [5.74, 6) is 0.395. The first-order valence-electron chi connectivity index (χ1n) is 11.0. The van der Waals surface area contributed by atoms with E-state index in [0.29, 0.717) is 18.6 Å². The van der Waals surface area contributed by atoms with E-state index in [4.69, 9.17) is 4.74 Å². The zero-order valence-corrected chi connectivity index (χ0v) is 18.7. The monoisotopic (exact) mass is 447 g/mol. The molecule has 0 fully saturated rings. The third-order valence-electron chi connectivity index (χ3n) is 5.09. The summed E-state index contributed by atoms with van der Waals surface area (Å²) < 4.78 is 5.80. The van der Waals surface area contributed by atoms with Gasteiger partial charge in [-0.3, -0.25) is 9.59 Å². The summed E-state index contributed by atoms with van der Waals surface area (Å²) in [5.41, 5.74) is 2.54. The Morgan fingerprint density at radius 1 is 1.03 bits per heavy atom. The quantitative estimate of drug-likeness (QED) is 0.362. The number of aromatic nitrogens is 1. The van der Waals surface area contributed by atoms with Gasteiger partial charge < -0.3 is 20.5 Å². The molecule has 33 heavy (non-hydrogen) atoms. The van der Waals surface area contributed by atoms with E-state index in [0.717, 1.165) is 35.7 Å². The van der Waals surface area contributed by atoms with Crippen LogP contribution >= 0.6 is 0 Å². The number of hydrogen-bond donors (Lipinski definition) is 3. The summed E-state index contributed by atoms with van der Waals surface area (Å²) in [4.78, 5) is 28.0. The first-order valence-corrected chi connectivity index (χ1v) is 11.0. The van der Waals surface area contributed by atoms with Gasteiger partial charge in [-0.25, -0.2) is 4.98 Å². The summed E-state index contributed by atoms with van der Waals surface area (Å²) >= 11 is 0. The average molecular weight is 448 g/mol. The molecule has 7 heteroatoms. The van der Waals surface area contributed by atoms with Gasteiger partial charge in [-0.15, -0.1) is 0 Å². The maximum absolute atomic E-state index is 12.4. The van der Waals surface area contributed by atoms with Crippen LogP contribution in [0.5, 0.6) is 5.75 Å². The Balaban J connectivity index is 1.46. The fourth-order valence-electron chi connectivity index (χ4n) is 3.39. The number of nitrogens with one attached hydrogen (secondary N) is 2. The highest BCUT2D eigenvalue weighted by Crippen LogP contribution is 2.15. The molecule has 7 nitrogen and oxygen atoms in total. The molecule has 0 bridgehead atoms. The lowest BCUT2D eigenvalue weighted by Crippen LogP contribution is -2.38. The first kappa shape index (κ1) is 23.8. The van der Waals surface area contributed by atoms with E-state index in [2.05, 4.69) is 15.6 Å². The van der Waals surface area contributed by atoms with E-state index < -0.39 is 12.0 Å². The Labute approximate surface area is 193 Å². The second-order valence-electron chi connectivity index (χ2n) is 7.78. The first-order chi connectivity index (χ1) is 16.0. The van der Waals surface area contributed by atoms with Crippen LogP contribution in [0.4, 0.5) is 5.82 Å². The number of carbonyl (C=O) groups excluding carboxylic acids is 1. The van der Waals surface area contributed by atoms with Crippen molar-refractivity contribution in [3.8, 4) is 5.75 Å². The fraction of sp³-hybridized carbons (Fsp3) is 0.269. The van der Waals surface area contributed by atoms with Crippen molar-refractivity contribution in [1.29, 1.82) is 0 Å². The fourth-order valence-corrected chi connectivity index (χ4v) is 3.39. The SMILES string of the molecule is Cc1cccnc1NCCCOc1ccc(C[C@@H](CC(=O)O)NC(=O)c2ccccc2)cc1. The Kier molecular flexibility index (Phi) is 8.82. The number of carboxylic acids is 1. The predicted octanol–water partition coefficient (Wildman–Crippen LogP) is 4.09. The number of pyridine rings is 1. The molecular weight excluding hydrogens is 418 g/mol. The summed E-state index contributed by atoms with van der Waals surface area (Å²) in [6.07, 6.45) is 2.85. The Bertz CT molecular complexity index is 1040. The van der Waals surface area contributed by atoms with Crippen LogP contribution in [0.25, 0.3) is 0 Å². The van der Waals surface area contributed by atoms with Crippen molar-refractivity contribution in [2.24, 2.45) is 0 Å². The van der Waals surface area contributed by atoms with Crippen molar-refractivity contribution in [3.63, 3.8) is 0 Å². The number of aliphatic carboxylic acids is 1. The molecule has 172 valence electrons. The minimum absolute atomic E-state index is 0.153. The number of aryl methyl sites for hydroxylation is 1. The van der Waals surface area contributed by atoms with Gasteiger partial charge in [0.05, 0.1) is 13.0 Å². The van der Waals surface area contributed by atoms with Gasteiger partial charge in [-0.2, -0.15) is 0 Å². The third-order valence-corrected chi connectivity index (χ3v) is 5.09. The van der Waals surface area contributed by atoms with Crippen LogP contribution in [-0.4, -0.2) is 41.2 Å². The van der Waals surface area contributed by atoms with Gasteiger partial charge in [0.15, 0.2) is 0 Å². The van der Waals surface area contributed by atoms with E-state index in [1.165, 1.54) is 0 Å². The van der Waals surface area contributed by atoms with Gasteiger partial charge >= 0.3 is 5.97 Å². The minimum Gasteiger partial charge on any atom is -0.494 e. The van der Waals surface area contributed by atoms with Crippen molar-refractivity contribution >= 4 is 17.7 Å². The van der Waals surface area contributed by atoms with E-state index >= 15 is 0 Å². The lowest BCUT2D eigenvalue weighted by atomic mass is 10.0. The van der Waals surface area contributed by atoms with Gasteiger partial charge in [0, 0.05) is 24.3 Å². The molecule has 3 N–H and O–H groups in total. The smallest absolute Gasteiger partial charge is 0.305 e. The molecule has 0 aliphatic carbocycles. The van der Waals surface area contributed by atoms with Crippen LogP contribution in [0.1, 0.15) is 34.3 Å². The molecule has 0 spiro atoms. The lowest BCUT2D eigenvalue weighted by Gasteiger charge is -2.17. The topological polar surface area (TPSA) is 101 Å². The van der Waals surface area contributed by atoms with Gasteiger partial charge in [0.1, 0.15) is 11.6 Å². The molecule has 1 atom stereocenters. The summed E-state index contributed by atoms with van der Waals surface area (Å²) in [5, 5.41) is 15.4. The van der Waals surface area contributed by atoms with Crippen LogP contribution in [0.3, 0.4) is 0 Å². The second-order valence-corrected chi connectivity index (χ2v) is 7.78. The zero-order chi connectivity index (χ0) is 23.5. The highest BCUT2D eigenvalue weighted by molar-refractivity contribution is 5.94. The molecule has 0 saturated heterocycles. The number of carboxylic acid groups (broad SMARTS) is 1. The molecule has 1 heterocycles. The van der Waals surface area contributed by atoms with E-state index in [-0.39, 0.29) is 12.3 Å². The highest BCUT2D eigenvalue weighted by atomic mass is 16.5. The molecule has 0 aliphatic rings. The number of nitrogens with zero attached hydrogens (tertiary/aromatic N) is 1. The second kappa shape index (κ2) is 12.2. The molecule has 1 aromatic heterocycles. The van der Waals surface area contributed by atoms with Crippen LogP contribution < -0.4 is 15.4 Å². The molecule has 0 saturated carbocycles. The molecule has 0 radical (unpaired) electrons. The van der Waals surface area contributed by atoms with Crippen molar-refractivity contribution in [2.75, 3.05) is 18.5 Å². The molecule has 0 unspecified atom stereocenters. The lowest BCUT2D eigenvalue weighted by molar-refractivity contribution is -0.137. The van der Waals surface area contributed by atoms with Crippen LogP contribution in [0, 0.1) is 6.92 Å². The summed E-state index contributed by atoms with van der Waals surface area (Å²) in [6, 6.07) is 19.7. The molecule has 3 rings (SSSR count). The van der Waals surface area contributed by atoms with Gasteiger partial charge in [0.2, 0.25) is 0 Å². The van der Waals surface area contributed by atoms with Crippen molar-refractivity contribution in [1.82, 2.24) is 10.3 Å². The average Bonchev–Trinajstić information content (AvgIpc) is 2.81. The number of hydrogen-bond acceptors (Lipinski definition) is 5. The highest BCUT2D eigenvalue weighted by Gasteiger charge is 2.17. The largest absolute Gasteiger partial charge is 0.494 e. The van der Waals surface area contributed by atoms with Gasteiger partial charge in [-0.05, 0) is 61.2 Å². The predicted molar refractivity (Wildman–Crippen MR) is 128 cm³/mol. The van der Waals surface area contributed by atoms with Crippen LogP contribution in [0.2, 0.25) is 0 Å². The molecule has 0 aliphatic heterocycles. The number of rotatable bonds is 12. The third kappa shape index (κ3) is 7.96. The Morgan fingerprint density at radius 3 is 2.48 bits per heavy atom. The maximum Gasteiger partial charge on any atom is 0.305 e. The van der Waals surface area contributed by atoms with Crippen LogP contribution in [0.15, 0.2) is 72.9 Å². The molecule has 3 aromatic rings. The van der Waals surface area contributed by atoms with E-state index in [1.807, 2.05) is 49.4 Å². The van der Waals surface area contributed by atoms with Crippen molar-refractivity contribution < 1.29 is 19.4 Å².